The number of pyridine rings is 1. The molecule has 0 fully saturated rings. The number of nitrogens with two attached hydrogens (primary N) is 1. The van der Waals surface area contributed by atoms with Crippen molar-refractivity contribution in [1.82, 2.24) is 4.98 Å². The summed E-state index contributed by atoms with van der Waals surface area (Å²) < 4.78 is 12.8. The predicted molar refractivity (Wildman–Crippen MR) is 67.4 cm³/mol. The Morgan fingerprint density at radius 2 is 1.89 bits per heavy atom. The Kier molecular flexibility index (Phi) is 4.02. The maximum atomic E-state index is 12.8. The molecule has 0 radical (unpaired) electrons. The third-order valence-electron chi connectivity index (χ3n) is 2.91. The fourth-order valence-corrected chi connectivity index (χ4v) is 1.90. The van der Waals surface area contributed by atoms with Crippen LogP contribution in [-0.4, -0.2) is 16.6 Å². The second-order valence-corrected chi connectivity index (χ2v) is 4.09. The van der Waals surface area contributed by atoms with Gasteiger partial charge in [0.2, 0.25) is 0 Å². The molecule has 0 saturated heterocycles. The highest BCUT2D eigenvalue weighted by molar-refractivity contribution is 5.23. The molecule has 0 aliphatic rings. The first kappa shape index (κ1) is 12.7. The SMILES string of the molecule is NCC(c1ccccn1)C(O)c1ccc(F)cc1. The molecular weight excluding hydrogens is 231 g/mol. The van der Waals surface area contributed by atoms with Crippen LogP contribution in [0.2, 0.25) is 0 Å². The molecule has 0 amide bonds. The van der Waals surface area contributed by atoms with E-state index >= 15 is 0 Å². The highest BCUT2D eigenvalue weighted by Gasteiger charge is 2.22. The van der Waals surface area contributed by atoms with E-state index in [0.717, 1.165) is 5.69 Å². The number of hydrogen-bond donors (Lipinski definition) is 2. The van der Waals surface area contributed by atoms with Crippen LogP contribution in [0.25, 0.3) is 0 Å². The van der Waals surface area contributed by atoms with E-state index in [-0.39, 0.29) is 18.3 Å². The van der Waals surface area contributed by atoms with Crippen molar-refractivity contribution in [2.75, 3.05) is 6.54 Å². The summed E-state index contributed by atoms with van der Waals surface area (Å²) in [5.74, 6) is -0.621. The lowest BCUT2D eigenvalue weighted by atomic mass is 9.92. The number of benzene rings is 1. The highest BCUT2D eigenvalue weighted by atomic mass is 19.1. The number of nitrogens with zero attached hydrogens (tertiary/aromatic N) is 1. The van der Waals surface area contributed by atoms with E-state index in [1.54, 1.807) is 24.4 Å². The highest BCUT2D eigenvalue weighted by Crippen LogP contribution is 2.28. The maximum Gasteiger partial charge on any atom is 0.123 e. The van der Waals surface area contributed by atoms with Gasteiger partial charge in [-0.25, -0.2) is 4.39 Å². The summed E-state index contributed by atoms with van der Waals surface area (Å²) in [5, 5.41) is 10.3. The fraction of sp³-hybridized carbons (Fsp3) is 0.214. The molecule has 94 valence electrons. The Morgan fingerprint density at radius 3 is 2.44 bits per heavy atom. The van der Waals surface area contributed by atoms with Gasteiger partial charge < -0.3 is 10.8 Å². The third kappa shape index (κ3) is 2.72. The van der Waals surface area contributed by atoms with Gasteiger partial charge in [-0.15, -0.1) is 0 Å². The molecule has 0 aliphatic carbocycles. The van der Waals surface area contributed by atoms with Gasteiger partial charge >= 0.3 is 0 Å². The number of halogens is 1. The van der Waals surface area contributed by atoms with Gasteiger partial charge in [0.25, 0.3) is 0 Å². The smallest absolute Gasteiger partial charge is 0.123 e. The molecule has 3 N–H and O–H groups in total. The van der Waals surface area contributed by atoms with Gasteiger partial charge in [0.05, 0.1) is 6.10 Å². The van der Waals surface area contributed by atoms with Crippen molar-refractivity contribution in [3.05, 3.63) is 65.7 Å². The Hall–Kier alpha value is -1.78. The van der Waals surface area contributed by atoms with Crippen LogP contribution in [0.15, 0.2) is 48.7 Å². The van der Waals surface area contributed by atoms with Crippen molar-refractivity contribution in [2.24, 2.45) is 5.73 Å². The molecule has 1 heterocycles. The zero-order chi connectivity index (χ0) is 13.0. The zero-order valence-corrected chi connectivity index (χ0v) is 9.83. The second-order valence-electron chi connectivity index (χ2n) is 4.09. The largest absolute Gasteiger partial charge is 0.388 e. The normalized spacial score (nSPS) is 14.2. The van der Waals surface area contributed by atoms with E-state index in [4.69, 9.17) is 5.73 Å². The summed E-state index contributed by atoms with van der Waals surface area (Å²) in [6.07, 6.45) is 0.876. The number of aliphatic hydroxyl groups is 1. The quantitative estimate of drug-likeness (QED) is 0.867. The first-order valence-electron chi connectivity index (χ1n) is 5.77. The summed E-state index contributed by atoms with van der Waals surface area (Å²) in [4.78, 5) is 4.20. The monoisotopic (exact) mass is 246 g/mol. The van der Waals surface area contributed by atoms with E-state index in [2.05, 4.69) is 4.98 Å². The van der Waals surface area contributed by atoms with E-state index in [1.165, 1.54) is 12.1 Å². The molecule has 2 unspecified atom stereocenters. The summed E-state index contributed by atoms with van der Waals surface area (Å²) in [6.45, 7) is 0.273. The lowest BCUT2D eigenvalue weighted by molar-refractivity contribution is 0.145. The molecule has 4 heteroatoms. The first-order chi connectivity index (χ1) is 8.72. The van der Waals surface area contributed by atoms with Gasteiger partial charge in [-0.3, -0.25) is 4.98 Å². The van der Waals surface area contributed by atoms with Crippen molar-refractivity contribution in [1.29, 1.82) is 0 Å². The van der Waals surface area contributed by atoms with Crippen LogP contribution < -0.4 is 5.73 Å². The van der Waals surface area contributed by atoms with E-state index < -0.39 is 6.10 Å². The predicted octanol–water partition coefficient (Wildman–Crippen LogP) is 2.00. The lowest BCUT2D eigenvalue weighted by Crippen LogP contribution is -2.21. The van der Waals surface area contributed by atoms with Crippen molar-refractivity contribution in [3.63, 3.8) is 0 Å². The second kappa shape index (κ2) is 5.71. The summed E-state index contributed by atoms with van der Waals surface area (Å²) in [5.41, 5.74) is 7.07. The molecule has 2 rings (SSSR count). The minimum atomic E-state index is -0.787. The average molecular weight is 246 g/mol. The number of aromatic nitrogens is 1. The molecule has 2 aromatic rings. The van der Waals surface area contributed by atoms with Gasteiger partial charge in [-0.1, -0.05) is 18.2 Å². The molecule has 1 aromatic carbocycles. The number of aliphatic hydroxyl groups excluding tert-OH is 1. The van der Waals surface area contributed by atoms with Crippen molar-refractivity contribution in [2.45, 2.75) is 12.0 Å². The van der Waals surface area contributed by atoms with Crippen molar-refractivity contribution >= 4 is 0 Å². The fourth-order valence-electron chi connectivity index (χ4n) is 1.90. The average Bonchev–Trinajstić information content (AvgIpc) is 2.41. The third-order valence-corrected chi connectivity index (χ3v) is 2.91. The van der Waals surface area contributed by atoms with Crippen LogP contribution >= 0.6 is 0 Å². The van der Waals surface area contributed by atoms with Crippen LogP contribution in [0.1, 0.15) is 23.3 Å². The van der Waals surface area contributed by atoms with Crippen LogP contribution in [0.3, 0.4) is 0 Å². The van der Waals surface area contributed by atoms with Crippen LogP contribution in [-0.2, 0) is 0 Å². The van der Waals surface area contributed by atoms with Crippen LogP contribution in [0.4, 0.5) is 4.39 Å². The van der Waals surface area contributed by atoms with Crippen LogP contribution in [0.5, 0.6) is 0 Å². The molecule has 0 aliphatic heterocycles. The Morgan fingerprint density at radius 1 is 1.17 bits per heavy atom. The number of rotatable bonds is 4. The molecule has 2 atom stereocenters. The van der Waals surface area contributed by atoms with Gasteiger partial charge in [0.15, 0.2) is 0 Å². The maximum absolute atomic E-state index is 12.8. The lowest BCUT2D eigenvalue weighted by Gasteiger charge is -2.21. The standard InChI is InChI=1S/C14H15FN2O/c15-11-6-4-10(5-7-11)14(18)12(9-16)13-3-1-2-8-17-13/h1-8,12,14,18H,9,16H2. The summed E-state index contributed by atoms with van der Waals surface area (Å²) >= 11 is 0. The van der Waals surface area contributed by atoms with Crippen molar-refractivity contribution in [3.8, 4) is 0 Å². The summed E-state index contributed by atoms with van der Waals surface area (Å²) in [7, 11) is 0. The van der Waals surface area contributed by atoms with E-state index in [1.807, 2.05) is 12.1 Å². The topological polar surface area (TPSA) is 59.1 Å². The van der Waals surface area contributed by atoms with Crippen LogP contribution in [0, 0.1) is 5.82 Å². The molecule has 1 aromatic heterocycles. The summed E-state index contributed by atoms with van der Waals surface area (Å²) in [6, 6.07) is 11.3. The Balaban J connectivity index is 2.25. The van der Waals surface area contributed by atoms with Crippen molar-refractivity contribution < 1.29 is 9.50 Å². The van der Waals surface area contributed by atoms with Gasteiger partial charge in [0, 0.05) is 24.4 Å². The molecule has 0 saturated carbocycles. The number of hydrogen-bond acceptors (Lipinski definition) is 3. The Bertz CT molecular complexity index is 487. The van der Waals surface area contributed by atoms with E-state index in [0.29, 0.717) is 5.56 Å². The zero-order valence-electron chi connectivity index (χ0n) is 9.83. The molecule has 0 spiro atoms. The van der Waals surface area contributed by atoms with Gasteiger partial charge in [-0.2, -0.15) is 0 Å². The van der Waals surface area contributed by atoms with Gasteiger partial charge in [0.1, 0.15) is 5.82 Å². The molecule has 0 bridgehead atoms. The first-order valence-corrected chi connectivity index (χ1v) is 5.77. The van der Waals surface area contributed by atoms with Gasteiger partial charge in [-0.05, 0) is 29.8 Å². The van der Waals surface area contributed by atoms with E-state index in [9.17, 15) is 9.50 Å². The molecular formula is C14H15FN2O. The Labute approximate surface area is 105 Å². The molecule has 18 heavy (non-hydrogen) atoms. The minimum absolute atomic E-state index is 0.273. The minimum Gasteiger partial charge on any atom is -0.388 e. The molecule has 3 nitrogen and oxygen atoms in total.